The number of hydrogen-bond acceptors (Lipinski definition) is 5. The molecule has 1 atom stereocenters. The van der Waals surface area contributed by atoms with Gasteiger partial charge in [-0.15, -0.1) is 11.3 Å². The summed E-state index contributed by atoms with van der Waals surface area (Å²) in [6.07, 6.45) is 0. The number of aryl methyl sites for hydroxylation is 1. The van der Waals surface area contributed by atoms with Gasteiger partial charge in [0.25, 0.3) is 5.69 Å². The quantitative estimate of drug-likeness (QED) is 0.517. The van der Waals surface area contributed by atoms with Crippen LogP contribution in [0.1, 0.15) is 27.6 Å². The number of nitriles is 1. The van der Waals surface area contributed by atoms with E-state index in [0.29, 0.717) is 5.69 Å². The Morgan fingerprint density at radius 1 is 1.20 bits per heavy atom. The number of nitrogens with one attached hydrogen (secondary N) is 1. The van der Waals surface area contributed by atoms with Gasteiger partial charge in [0.15, 0.2) is 0 Å². The normalized spacial score (nSPS) is 11.5. The van der Waals surface area contributed by atoms with Crippen molar-refractivity contribution in [3.63, 3.8) is 0 Å². The molecule has 25 heavy (non-hydrogen) atoms. The van der Waals surface area contributed by atoms with E-state index in [1.807, 2.05) is 54.8 Å². The van der Waals surface area contributed by atoms with Gasteiger partial charge in [0.2, 0.25) is 0 Å². The summed E-state index contributed by atoms with van der Waals surface area (Å²) in [4.78, 5) is 11.5. The predicted octanol–water partition coefficient (Wildman–Crippen LogP) is 5.04. The zero-order chi connectivity index (χ0) is 17.8. The zero-order valence-corrected chi connectivity index (χ0v) is 14.3. The fourth-order valence-corrected chi connectivity index (χ4v) is 3.36. The van der Waals surface area contributed by atoms with E-state index in [9.17, 15) is 15.4 Å². The van der Waals surface area contributed by atoms with Crippen molar-refractivity contribution in [3.8, 4) is 6.07 Å². The summed E-state index contributed by atoms with van der Waals surface area (Å²) in [6, 6.07) is 18.4. The van der Waals surface area contributed by atoms with E-state index in [1.54, 1.807) is 17.4 Å². The molecule has 0 fully saturated rings. The largest absolute Gasteiger partial charge is 0.372 e. The molecule has 0 radical (unpaired) electrons. The molecule has 6 heteroatoms. The molecule has 0 aliphatic carbocycles. The third-order valence-electron chi connectivity index (χ3n) is 3.87. The molecule has 0 saturated carbocycles. The first-order valence-electron chi connectivity index (χ1n) is 7.63. The number of rotatable bonds is 5. The summed E-state index contributed by atoms with van der Waals surface area (Å²) in [6.45, 7) is 2.03. The fourth-order valence-electron chi connectivity index (χ4n) is 2.55. The number of nitrogens with zero attached hydrogens (tertiary/aromatic N) is 2. The van der Waals surface area contributed by atoms with Crippen LogP contribution in [0.3, 0.4) is 0 Å². The fraction of sp³-hybridized carbons (Fsp3) is 0.105. The maximum atomic E-state index is 10.9. The molecular weight excluding hydrogens is 334 g/mol. The lowest BCUT2D eigenvalue weighted by Crippen LogP contribution is -2.12. The molecule has 0 aliphatic rings. The van der Waals surface area contributed by atoms with Crippen molar-refractivity contribution in [2.75, 3.05) is 5.32 Å². The third kappa shape index (κ3) is 3.67. The summed E-state index contributed by atoms with van der Waals surface area (Å²) >= 11 is 1.62. The lowest BCUT2D eigenvalue weighted by Gasteiger charge is -2.20. The van der Waals surface area contributed by atoms with E-state index in [-0.39, 0.29) is 17.3 Å². The molecule has 0 unspecified atom stereocenters. The first-order valence-corrected chi connectivity index (χ1v) is 8.51. The van der Waals surface area contributed by atoms with Gasteiger partial charge in [0.1, 0.15) is 6.07 Å². The van der Waals surface area contributed by atoms with Gasteiger partial charge in [-0.3, -0.25) is 10.1 Å². The van der Waals surface area contributed by atoms with Gasteiger partial charge in [0.05, 0.1) is 22.2 Å². The molecule has 0 bridgehead atoms. The Bertz CT molecular complexity index is 928. The number of thiophene rings is 1. The topological polar surface area (TPSA) is 79.0 Å². The average molecular weight is 349 g/mol. The Hall–Kier alpha value is -3.17. The molecule has 5 nitrogen and oxygen atoms in total. The highest BCUT2D eigenvalue weighted by molar-refractivity contribution is 7.10. The van der Waals surface area contributed by atoms with Crippen LogP contribution in [0.2, 0.25) is 0 Å². The van der Waals surface area contributed by atoms with Crippen LogP contribution >= 0.6 is 11.3 Å². The van der Waals surface area contributed by atoms with E-state index in [4.69, 9.17) is 0 Å². The molecule has 0 aliphatic heterocycles. The monoisotopic (exact) mass is 349 g/mol. The maximum absolute atomic E-state index is 10.9. The summed E-state index contributed by atoms with van der Waals surface area (Å²) in [7, 11) is 0. The van der Waals surface area contributed by atoms with Gasteiger partial charge < -0.3 is 5.32 Å². The third-order valence-corrected chi connectivity index (χ3v) is 4.81. The summed E-state index contributed by atoms with van der Waals surface area (Å²) in [5.41, 5.74) is 2.97. The van der Waals surface area contributed by atoms with Crippen molar-refractivity contribution in [1.29, 1.82) is 5.26 Å². The predicted molar refractivity (Wildman–Crippen MR) is 98.8 cm³/mol. The first-order chi connectivity index (χ1) is 12.1. The number of non-ortho nitro benzene ring substituents is 1. The number of nitro benzene ring substituents is 1. The van der Waals surface area contributed by atoms with Gasteiger partial charge in [0, 0.05) is 17.0 Å². The van der Waals surface area contributed by atoms with Crippen molar-refractivity contribution >= 4 is 22.7 Å². The van der Waals surface area contributed by atoms with Gasteiger partial charge >= 0.3 is 0 Å². The summed E-state index contributed by atoms with van der Waals surface area (Å²) < 4.78 is 0. The van der Waals surface area contributed by atoms with Crippen LogP contribution in [-0.2, 0) is 0 Å². The van der Waals surface area contributed by atoms with E-state index in [2.05, 4.69) is 5.32 Å². The van der Waals surface area contributed by atoms with Gasteiger partial charge in [-0.2, -0.15) is 5.26 Å². The van der Waals surface area contributed by atoms with Crippen LogP contribution < -0.4 is 5.32 Å². The standard InChI is InChI=1S/C19H15N3O2S/c1-13-4-6-14(7-5-13)19(18-3-2-10-25-18)21-17-9-8-16(22(23)24)11-15(17)12-20/h2-11,19,21H,1H3/t19-/m0/s1. The lowest BCUT2D eigenvalue weighted by atomic mass is 10.0. The number of anilines is 1. The van der Waals surface area contributed by atoms with Gasteiger partial charge in [-0.1, -0.05) is 35.9 Å². The Kier molecular flexibility index (Phi) is 4.78. The molecule has 1 heterocycles. The number of nitro groups is 1. The van der Waals surface area contributed by atoms with Crippen LogP contribution in [-0.4, -0.2) is 4.92 Å². The molecule has 0 saturated heterocycles. The molecule has 3 aromatic rings. The number of benzene rings is 2. The van der Waals surface area contributed by atoms with Crippen molar-refractivity contribution in [1.82, 2.24) is 0 Å². The second kappa shape index (κ2) is 7.16. The highest BCUT2D eigenvalue weighted by Crippen LogP contribution is 2.32. The van der Waals surface area contributed by atoms with E-state index < -0.39 is 4.92 Å². The van der Waals surface area contributed by atoms with Crippen LogP contribution in [0.4, 0.5) is 11.4 Å². The molecule has 0 amide bonds. The molecule has 2 aromatic carbocycles. The van der Waals surface area contributed by atoms with Gasteiger partial charge in [-0.25, -0.2) is 0 Å². The van der Waals surface area contributed by atoms with Crippen LogP contribution in [0.15, 0.2) is 60.0 Å². The molecule has 1 N–H and O–H groups in total. The van der Waals surface area contributed by atoms with E-state index in [1.165, 1.54) is 17.7 Å². The van der Waals surface area contributed by atoms with Crippen LogP contribution in [0.25, 0.3) is 0 Å². The highest BCUT2D eigenvalue weighted by Gasteiger charge is 2.18. The van der Waals surface area contributed by atoms with Crippen molar-refractivity contribution in [2.24, 2.45) is 0 Å². The second-order valence-corrected chi connectivity index (χ2v) is 6.58. The molecule has 124 valence electrons. The minimum absolute atomic E-state index is 0.0925. The van der Waals surface area contributed by atoms with Crippen molar-refractivity contribution in [2.45, 2.75) is 13.0 Å². The number of hydrogen-bond donors (Lipinski definition) is 1. The minimum atomic E-state index is -0.499. The average Bonchev–Trinajstić information content (AvgIpc) is 3.14. The second-order valence-electron chi connectivity index (χ2n) is 5.60. The minimum Gasteiger partial charge on any atom is -0.372 e. The Morgan fingerprint density at radius 3 is 2.56 bits per heavy atom. The Balaban J connectivity index is 2.00. The first kappa shape index (κ1) is 16.7. The van der Waals surface area contributed by atoms with Crippen LogP contribution in [0, 0.1) is 28.4 Å². The molecule has 0 spiro atoms. The molecule has 1 aromatic heterocycles. The highest BCUT2D eigenvalue weighted by atomic mass is 32.1. The zero-order valence-electron chi connectivity index (χ0n) is 13.5. The lowest BCUT2D eigenvalue weighted by molar-refractivity contribution is -0.384. The molecular formula is C19H15N3O2S. The Labute approximate surface area is 149 Å². The molecule has 3 rings (SSSR count). The summed E-state index contributed by atoms with van der Waals surface area (Å²) in [5.74, 6) is 0. The van der Waals surface area contributed by atoms with Gasteiger partial charge in [-0.05, 0) is 30.0 Å². The van der Waals surface area contributed by atoms with Crippen molar-refractivity contribution in [3.05, 3.63) is 91.7 Å². The van der Waals surface area contributed by atoms with E-state index >= 15 is 0 Å². The summed E-state index contributed by atoms with van der Waals surface area (Å²) in [5, 5.41) is 25.7. The maximum Gasteiger partial charge on any atom is 0.270 e. The Morgan fingerprint density at radius 2 is 1.96 bits per heavy atom. The SMILES string of the molecule is Cc1ccc([C@H](Nc2ccc([N+](=O)[O-])cc2C#N)c2cccs2)cc1. The van der Waals surface area contributed by atoms with Crippen LogP contribution in [0.5, 0.6) is 0 Å². The van der Waals surface area contributed by atoms with E-state index in [0.717, 1.165) is 10.4 Å². The smallest absolute Gasteiger partial charge is 0.270 e. The van der Waals surface area contributed by atoms with Crippen molar-refractivity contribution < 1.29 is 4.92 Å².